The summed E-state index contributed by atoms with van der Waals surface area (Å²) in [5.41, 5.74) is -0.0444. The predicted octanol–water partition coefficient (Wildman–Crippen LogP) is 2.41. The van der Waals surface area contributed by atoms with E-state index in [0.29, 0.717) is 11.0 Å². The van der Waals surface area contributed by atoms with Gasteiger partial charge in [-0.25, -0.2) is 0 Å². The monoisotopic (exact) mass is 323 g/mol. The molecule has 78 valence electrons. The van der Waals surface area contributed by atoms with Crippen molar-refractivity contribution in [3.8, 4) is 0 Å². The molecule has 0 spiro atoms. The summed E-state index contributed by atoms with van der Waals surface area (Å²) in [4.78, 5) is 11.6. The lowest BCUT2D eigenvalue weighted by Gasteiger charge is -2.12. The summed E-state index contributed by atoms with van der Waals surface area (Å²) in [6.45, 7) is 2.47. The maximum atomic E-state index is 11.6. The lowest BCUT2D eigenvalue weighted by molar-refractivity contribution is 0.102. The number of hydrogen-bond donors (Lipinski definition) is 0. The van der Waals surface area contributed by atoms with Crippen molar-refractivity contribution in [2.24, 2.45) is 0 Å². The number of methoxy groups -OCH3 is 1. The van der Waals surface area contributed by atoms with Gasteiger partial charge in [0.2, 0.25) is 0 Å². The fourth-order valence-electron chi connectivity index (χ4n) is 1.05. The number of pyridine rings is 1. The van der Waals surface area contributed by atoms with Crippen LogP contribution in [0.15, 0.2) is 26.0 Å². The number of nitrogens with zero attached hydrogens (tertiary/aromatic N) is 1. The summed E-state index contributed by atoms with van der Waals surface area (Å²) in [6, 6.07) is 1.73. The van der Waals surface area contributed by atoms with E-state index in [2.05, 4.69) is 31.9 Å². The molecule has 0 radical (unpaired) electrons. The third-order valence-corrected chi connectivity index (χ3v) is 2.87. The molecule has 0 amide bonds. The first-order chi connectivity index (χ1) is 6.54. The predicted molar refractivity (Wildman–Crippen MR) is 62.6 cm³/mol. The molecule has 1 unspecified atom stereocenters. The zero-order valence-corrected chi connectivity index (χ0v) is 11.1. The first kappa shape index (κ1) is 11.9. The van der Waals surface area contributed by atoms with E-state index in [1.54, 1.807) is 23.9 Å². The van der Waals surface area contributed by atoms with Gasteiger partial charge in [-0.1, -0.05) is 0 Å². The minimum absolute atomic E-state index is 0.0221. The molecule has 1 atom stereocenters. The van der Waals surface area contributed by atoms with Gasteiger partial charge in [0.1, 0.15) is 0 Å². The van der Waals surface area contributed by atoms with Crippen molar-refractivity contribution in [3.63, 3.8) is 0 Å². The van der Waals surface area contributed by atoms with Gasteiger partial charge in [0.05, 0.1) is 17.1 Å². The van der Waals surface area contributed by atoms with Gasteiger partial charge in [0.25, 0.3) is 5.56 Å². The number of aromatic nitrogens is 1. The molecule has 1 aromatic heterocycles. The van der Waals surface area contributed by atoms with Gasteiger partial charge in [-0.15, -0.1) is 0 Å². The molecule has 0 aliphatic heterocycles. The van der Waals surface area contributed by atoms with E-state index in [4.69, 9.17) is 4.74 Å². The second-order valence-electron chi connectivity index (χ2n) is 3.01. The molecule has 0 aromatic carbocycles. The number of rotatable bonds is 3. The smallest absolute Gasteiger partial charge is 0.264 e. The summed E-state index contributed by atoms with van der Waals surface area (Å²) in [6.07, 6.45) is 1.77. The summed E-state index contributed by atoms with van der Waals surface area (Å²) in [7, 11) is 1.63. The largest absolute Gasteiger partial charge is 0.380 e. The van der Waals surface area contributed by atoms with Crippen molar-refractivity contribution in [2.75, 3.05) is 7.11 Å². The molecule has 1 rings (SSSR count). The molecule has 0 N–H and O–H groups in total. The van der Waals surface area contributed by atoms with Crippen molar-refractivity contribution in [1.82, 2.24) is 4.57 Å². The Morgan fingerprint density at radius 1 is 1.57 bits per heavy atom. The second-order valence-corrected chi connectivity index (χ2v) is 4.78. The van der Waals surface area contributed by atoms with Gasteiger partial charge in [-0.05, 0) is 44.8 Å². The van der Waals surface area contributed by atoms with Gasteiger partial charge < -0.3 is 9.30 Å². The van der Waals surface area contributed by atoms with Crippen molar-refractivity contribution in [3.05, 3.63) is 31.6 Å². The Balaban J connectivity index is 3.02. The minimum Gasteiger partial charge on any atom is -0.380 e. The summed E-state index contributed by atoms with van der Waals surface area (Å²) < 4.78 is 8.13. The Morgan fingerprint density at radius 2 is 2.21 bits per heavy atom. The zero-order valence-electron chi connectivity index (χ0n) is 7.96. The van der Waals surface area contributed by atoms with Crippen molar-refractivity contribution < 1.29 is 4.74 Å². The van der Waals surface area contributed by atoms with E-state index >= 15 is 0 Å². The molecule has 0 fully saturated rings. The molecule has 14 heavy (non-hydrogen) atoms. The van der Waals surface area contributed by atoms with Crippen LogP contribution in [0.3, 0.4) is 0 Å². The molecule has 5 heteroatoms. The summed E-state index contributed by atoms with van der Waals surface area (Å²) in [5.74, 6) is 0. The molecule has 0 aliphatic carbocycles. The third kappa shape index (κ3) is 2.93. The van der Waals surface area contributed by atoms with E-state index < -0.39 is 0 Å². The van der Waals surface area contributed by atoms with Gasteiger partial charge in [-0.3, -0.25) is 4.79 Å². The Bertz CT molecular complexity index is 376. The van der Waals surface area contributed by atoms with Gasteiger partial charge in [-0.2, -0.15) is 0 Å². The van der Waals surface area contributed by atoms with E-state index in [0.717, 1.165) is 4.47 Å². The maximum Gasteiger partial charge on any atom is 0.264 e. The zero-order chi connectivity index (χ0) is 10.7. The topological polar surface area (TPSA) is 31.2 Å². The molecule has 0 bridgehead atoms. The van der Waals surface area contributed by atoms with E-state index in [9.17, 15) is 4.79 Å². The highest BCUT2D eigenvalue weighted by Gasteiger charge is 2.06. The normalized spacial score (nSPS) is 12.9. The van der Waals surface area contributed by atoms with Crippen LogP contribution in [0.25, 0.3) is 0 Å². The molecule has 1 aromatic rings. The Labute approximate surface area is 99.3 Å². The van der Waals surface area contributed by atoms with Crippen LogP contribution >= 0.6 is 31.9 Å². The van der Waals surface area contributed by atoms with Gasteiger partial charge >= 0.3 is 0 Å². The van der Waals surface area contributed by atoms with E-state index in [1.165, 1.54) is 0 Å². The van der Waals surface area contributed by atoms with E-state index in [1.807, 2.05) is 6.92 Å². The van der Waals surface area contributed by atoms with Crippen molar-refractivity contribution in [2.45, 2.75) is 19.6 Å². The number of hydrogen-bond acceptors (Lipinski definition) is 2. The van der Waals surface area contributed by atoms with Crippen molar-refractivity contribution >= 4 is 31.9 Å². The fourth-order valence-corrected chi connectivity index (χ4v) is 2.31. The Morgan fingerprint density at radius 3 is 2.79 bits per heavy atom. The highest BCUT2D eigenvalue weighted by Crippen LogP contribution is 2.13. The number of halogens is 2. The first-order valence-corrected chi connectivity index (χ1v) is 5.71. The van der Waals surface area contributed by atoms with Crippen LogP contribution in [0, 0.1) is 0 Å². The molecule has 3 nitrogen and oxygen atoms in total. The average molecular weight is 325 g/mol. The van der Waals surface area contributed by atoms with Gasteiger partial charge in [0.15, 0.2) is 0 Å². The summed E-state index contributed by atoms with van der Waals surface area (Å²) >= 11 is 6.53. The van der Waals surface area contributed by atoms with Crippen LogP contribution in [0.4, 0.5) is 0 Å². The molecule has 0 saturated carbocycles. The fraction of sp³-hybridized carbons (Fsp3) is 0.444. The third-order valence-electron chi connectivity index (χ3n) is 1.87. The standard InChI is InChI=1S/C9H11Br2NO2/c1-6(14-2)4-12-5-7(10)3-8(11)9(12)13/h3,5-6H,4H2,1-2H3. The van der Waals surface area contributed by atoms with Crippen molar-refractivity contribution in [1.29, 1.82) is 0 Å². The van der Waals surface area contributed by atoms with Crippen LogP contribution in [0.1, 0.15) is 6.92 Å². The summed E-state index contributed by atoms with van der Waals surface area (Å²) in [5, 5.41) is 0. The average Bonchev–Trinajstić information content (AvgIpc) is 2.13. The van der Waals surface area contributed by atoms with E-state index in [-0.39, 0.29) is 11.7 Å². The Hall–Kier alpha value is -0.130. The molecule has 0 aliphatic rings. The first-order valence-electron chi connectivity index (χ1n) is 4.13. The van der Waals surface area contributed by atoms with Crippen LogP contribution in [0.2, 0.25) is 0 Å². The van der Waals surface area contributed by atoms with Crippen LogP contribution in [-0.2, 0) is 11.3 Å². The van der Waals surface area contributed by atoms with Crippen LogP contribution in [-0.4, -0.2) is 17.8 Å². The molecular formula is C9H11Br2NO2. The molecular weight excluding hydrogens is 314 g/mol. The lowest BCUT2D eigenvalue weighted by Crippen LogP contribution is -2.26. The maximum absolute atomic E-state index is 11.6. The molecule has 0 saturated heterocycles. The minimum atomic E-state index is -0.0444. The lowest BCUT2D eigenvalue weighted by atomic mass is 10.4. The van der Waals surface area contributed by atoms with Gasteiger partial charge in [0, 0.05) is 17.8 Å². The SMILES string of the molecule is COC(C)Cn1cc(Br)cc(Br)c1=O. The highest BCUT2D eigenvalue weighted by molar-refractivity contribution is 9.11. The van der Waals surface area contributed by atoms with Crippen LogP contribution < -0.4 is 5.56 Å². The highest BCUT2D eigenvalue weighted by atomic mass is 79.9. The van der Waals surface area contributed by atoms with Crippen LogP contribution in [0.5, 0.6) is 0 Å². The molecule has 1 heterocycles. The second kappa shape index (κ2) is 5.09. The Kier molecular flexibility index (Phi) is 4.34. The quantitative estimate of drug-likeness (QED) is 0.855. The number of ether oxygens (including phenoxy) is 1.